The Morgan fingerprint density at radius 2 is 2.15 bits per heavy atom. The first-order chi connectivity index (χ1) is 12.9. The van der Waals surface area contributed by atoms with Crippen molar-refractivity contribution in [2.75, 3.05) is 26.2 Å². The van der Waals surface area contributed by atoms with Gasteiger partial charge in [0.05, 0.1) is 11.4 Å². The van der Waals surface area contributed by atoms with Crippen LogP contribution in [-0.2, 0) is 16.6 Å². The van der Waals surface area contributed by atoms with Crippen LogP contribution in [-0.4, -0.2) is 51.5 Å². The number of primary sulfonamides is 1. The van der Waals surface area contributed by atoms with Crippen molar-refractivity contribution in [3.05, 3.63) is 29.8 Å². The molecule has 1 unspecified atom stereocenters. The smallest absolute Gasteiger partial charge is 0.238 e. The van der Waals surface area contributed by atoms with Gasteiger partial charge in [-0.1, -0.05) is 18.6 Å². The zero-order chi connectivity index (χ0) is 19.7. The predicted molar refractivity (Wildman–Crippen MR) is 110 cm³/mol. The minimum atomic E-state index is -3.69. The Morgan fingerprint density at radius 3 is 2.85 bits per heavy atom. The van der Waals surface area contributed by atoms with E-state index in [9.17, 15) is 8.42 Å². The second kappa shape index (κ2) is 10.6. The van der Waals surface area contributed by atoms with Gasteiger partial charge in [0.15, 0.2) is 5.96 Å². The van der Waals surface area contributed by atoms with Gasteiger partial charge in [-0.25, -0.2) is 18.5 Å². The monoisotopic (exact) mass is 395 g/mol. The fourth-order valence-corrected chi connectivity index (χ4v) is 3.90. The Bertz CT molecular complexity index is 721. The first-order valence-corrected chi connectivity index (χ1v) is 11.3. The van der Waals surface area contributed by atoms with Crippen molar-refractivity contribution in [1.29, 1.82) is 0 Å². The standard InChI is InChI=1S/C19H33N5O2S/c1-3-21-19(22-11-7-13-24-12-5-4-8-16(24)2)23-15-17-9-6-10-18(14-17)27(20,25)26/h6,9-10,14,16H,3-5,7-8,11-13,15H2,1-2H3,(H2,20,25,26)(H2,21,22,23). The van der Waals surface area contributed by atoms with Crippen molar-refractivity contribution in [2.45, 2.75) is 57.0 Å². The van der Waals surface area contributed by atoms with Crippen LogP contribution >= 0.6 is 0 Å². The van der Waals surface area contributed by atoms with Gasteiger partial charge in [0.1, 0.15) is 0 Å². The molecule has 0 radical (unpaired) electrons. The van der Waals surface area contributed by atoms with Crippen LogP contribution in [0.5, 0.6) is 0 Å². The number of piperidine rings is 1. The Kier molecular flexibility index (Phi) is 8.53. The number of benzene rings is 1. The number of hydrogen-bond donors (Lipinski definition) is 3. The number of nitrogens with zero attached hydrogens (tertiary/aromatic N) is 2. The van der Waals surface area contributed by atoms with E-state index in [0.29, 0.717) is 12.6 Å². The third-order valence-corrected chi connectivity index (χ3v) is 5.76. The summed E-state index contributed by atoms with van der Waals surface area (Å²) in [5.74, 6) is 0.741. The van der Waals surface area contributed by atoms with Crippen molar-refractivity contribution in [2.24, 2.45) is 10.1 Å². The number of sulfonamides is 1. The molecule has 1 aliphatic rings. The van der Waals surface area contributed by atoms with Gasteiger partial charge >= 0.3 is 0 Å². The van der Waals surface area contributed by atoms with Gasteiger partial charge in [-0.2, -0.15) is 0 Å². The van der Waals surface area contributed by atoms with E-state index in [1.165, 1.54) is 31.9 Å². The molecule has 1 aromatic rings. The van der Waals surface area contributed by atoms with Crippen LogP contribution in [0.3, 0.4) is 0 Å². The van der Waals surface area contributed by atoms with Gasteiger partial charge in [0, 0.05) is 25.7 Å². The lowest BCUT2D eigenvalue weighted by molar-refractivity contribution is 0.159. The van der Waals surface area contributed by atoms with Crippen LogP contribution in [0.15, 0.2) is 34.2 Å². The summed E-state index contributed by atoms with van der Waals surface area (Å²) in [4.78, 5) is 7.23. The van der Waals surface area contributed by atoms with E-state index >= 15 is 0 Å². The molecule has 8 heteroatoms. The summed E-state index contributed by atoms with van der Waals surface area (Å²) in [6.07, 6.45) is 5.02. The Morgan fingerprint density at radius 1 is 1.33 bits per heavy atom. The predicted octanol–water partition coefficient (Wildman–Crippen LogP) is 1.65. The number of likely N-dealkylation sites (tertiary alicyclic amines) is 1. The van der Waals surface area contributed by atoms with Gasteiger partial charge in [-0.05, 0) is 57.4 Å². The van der Waals surface area contributed by atoms with Crippen LogP contribution in [0.2, 0.25) is 0 Å². The number of aliphatic imine (C=N–C) groups is 1. The largest absolute Gasteiger partial charge is 0.357 e. The van der Waals surface area contributed by atoms with E-state index in [1.807, 2.05) is 13.0 Å². The minimum absolute atomic E-state index is 0.115. The SMILES string of the molecule is CCNC(=NCc1cccc(S(N)(=O)=O)c1)NCCCN1CCCCC1C. The Labute approximate surface area is 163 Å². The molecule has 0 saturated carbocycles. The molecule has 0 aliphatic carbocycles. The fraction of sp³-hybridized carbons (Fsp3) is 0.632. The highest BCUT2D eigenvalue weighted by atomic mass is 32.2. The molecule has 1 saturated heterocycles. The van der Waals surface area contributed by atoms with Gasteiger partial charge in [0.25, 0.3) is 0 Å². The molecule has 2 rings (SSSR count). The molecule has 0 amide bonds. The molecule has 7 nitrogen and oxygen atoms in total. The molecule has 0 bridgehead atoms. The highest BCUT2D eigenvalue weighted by Crippen LogP contribution is 2.16. The van der Waals surface area contributed by atoms with Crippen molar-refractivity contribution >= 4 is 16.0 Å². The lowest BCUT2D eigenvalue weighted by Crippen LogP contribution is -2.41. The normalized spacial score (nSPS) is 19.1. The topological polar surface area (TPSA) is 99.8 Å². The number of hydrogen-bond acceptors (Lipinski definition) is 4. The van der Waals surface area contributed by atoms with E-state index in [0.717, 1.165) is 37.6 Å². The Balaban J connectivity index is 1.85. The third-order valence-electron chi connectivity index (χ3n) is 4.85. The van der Waals surface area contributed by atoms with E-state index in [-0.39, 0.29) is 4.90 Å². The summed E-state index contributed by atoms with van der Waals surface area (Å²) in [6, 6.07) is 7.28. The first kappa shape index (κ1) is 21.7. The number of nitrogens with one attached hydrogen (secondary N) is 2. The second-order valence-corrected chi connectivity index (χ2v) is 8.61. The molecule has 1 atom stereocenters. The quantitative estimate of drug-likeness (QED) is 0.353. The molecule has 0 aromatic heterocycles. The maximum Gasteiger partial charge on any atom is 0.238 e. The van der Waals surface area contributed by atoms with Crippen molar-refractivity contribution < 1.29 is 8.42 Å². The maximum absolute atomic E-state index is 11.5. The van der Waals surface area contributed by atoms with Crippen molar-refractivity contribution in [3.8, 4) is 0 Å². The molecule has 27 heavy (non-hydrogen) atoms. The second-order valence-electron chi connectivity index (χ2n) is 7.05. The highest BCUT2D eigenvalue weighted by Gasteiger charge is 2.17. The molecular formula is C19H33N5O2S. The number of guanidine groups is 1. The van der Waals surface area contributed by atoms with Crippen LogP contribution in [0.1, 0.15) is 45.1 Å². The maximum atomic E-state index is 11.5. The summed E-state index contributed by atoms with van der Waals surface area (Å²) in [5, 5.41) is 11.8. The third kappa shape index (κ3) is 7.48. The summed E-state index contributed by atoms with van der Waals surface area (Å²) in [5.41, 5.74) is 0.806. The van der Waals surface area contributed by atoms with Crippen molar-refractivity contribution in [3.63, 3.8) is 0 Å². The van der Waals surface area contributed by atoms with Gasteiger partial charge < -0.3 is 15.5 Å². The molecule has 1 heterocycles. The first-order valence-electron chi connectivity index (χ1n) is 9.78. The van der Waals surface area contributed by atoms with Crippen LogP contribution in [0, 0.1) is 0 Å². The molecule has 0 spiro atoms. The summed E-state index contributed by atoms with van der Waals surface area (Å²) >= 11 is 0. The van der Waals surface area contributed by atoms with Crippen LogP contribution in [0.25, 0.3) is 0 Å². The average molecular weight is 396 g/mol. The van der Waals surface area contributed by atoms with Gasteiger partial charge in [-0.3, -0.25) is 0 Å². The van der Waals surface area contributed by atoms with E-state index in [1.54, 1.807) is 12.1 Å². The van der Waals surface area contributed by atoms with Gasteiger partial charge in [-0.15, -0.1) is 0 Å². The molecule has 1 aromatic carbocycles. The summed E-state index contributed by atoms with van der Waals surface area (Å²) in [6.45, 7) is 8.65. The van der Waals surface area contributed by atoms with E-state index in [4.69, 9.17) is 5.14 Å². The number of nitrogens with two attached hydrogens (primary N) is 1. The summed E-state index contributed by atoms with van der Waals surface area (Å²) in [7, 11) is -3.69. The highest BCUT2D eigenvalue weighted by molar-refractivity contribution is 7.89. The lowest BCUT2D eigenvalue weighted by Gasteiger charge is -2.33. The van der Waals surface area contributed by atoms with Crippen LogP contribution < -0.4 is 15.8 Å². The molecule has 1 fully saturated rings. The fourth-order valence-electron chi connectivity index (χ4n) is 3.31. The molecule has 152 valence electrons. The lowest BCUT2D eigenvalue weighted by atomic mass is 10.0. The van der Waals surface area contributed by atoms with Gasteiger partial charge in [0.2, 0.25) is 10.0 Å². The van der Waals surface area contributed by atoms with E-state index < -0.39 is 10.0 Å². The number of rotatable bonds is 8. The van der Waals surface area contributed by atoms with E-state index in [2.05, 4.69) is 27.4 Å². The zero-order valence-electron chi connectivity index (χ0n) is 16.4. The summed E-state index contributed by atoms with van der Waals surface area (Å²) < 4.78 is 22.9. The minimum Gasteiger partial charge on any atom is -0.357 e. The van der Waals surface area contributed by atoms with Crippen molar-refractivity contribution in [1.82, 2.24) is 15.5 Å². The molecular weight excluding hydrogens is 362 g/mol. The van der Waals surface area contributed by atoms with Crippen LogP contribution in [0.4, 0.5) is 0 Å². The molecule has 1 aliphatic heterocycles. The zero-order valence-corrected chi connectivity index (χ0v) is 17.3. The molecule has 4 N–H and O–H groups in total. The Hall–Kier alpha value is -1.64. The average Bonchev–Trinajstić information content (AvgIpc) is 2.64.